The number of H-pyrrole nitrogens is 1. The molecular formula is C22H23BrN4O3. The Morgan fingerprint density at radius 2 is 2.03 bits per heavy atom. The van der Waals surface area contributed by atoms with Crippen molar-refractivity contribution < 1.29 is 9.47 Å². The van der Waals surface area contributed by atoms with Gasteiger partial charge in [0.05, 0.1) is 17.8 Å². The summed E-state index contributed by atoms with van der Waals surface area (Å²) in [6.07, 6.45) is 3.25. The highest BCUT2D eigenvalue weighted by atomic mass is 79.9. The van der Waals surface area contributed by atoms with Gasteiger partial charge in [-0.25, -0.2) is 10.4 Å². The Balaban J connectivity index is 1.72. The van der Waals surface area contributed by atoms with Gasteiger partial charge >= 0.3 is 0 Å². The molecule has 1 heterocycles. The second kappa shape index (κ2) is 10.6. The number of hydrogen-bond donors (Lipinski definition) is 2. The van der Waals surface area contributed by atoms with E-state index in [0.29, 0.717) is 24.1 Å². The van der Waals surface area contributed by atoms with E-state index in [1.54, 1.807) is 13.3 Å². The number of halogens is 1. The highest BCUT2D eigenvalue weighted by Gasteiger charge is 2.11. The fraction of sp³-hybridized carbons (Fsp3) is 0.227. The largest absolute Gasteiger partial charge is 0.493 e. The first-order valence-corrected chi connectivity index (χ1v) is 10.3. The third-order valence-electron chi connectivity index (χ3n) is 4.16. The van der Waals surface area contributed by atoms with Gasteiger partial charge in [-0.1, -0.05) is 43.7 Å². The highest BCUT2D eigenvalue weighted by molar-refractivity contribution is 9.10. The normalized spacial score (nSPS) is 10.9. The van der Waals surface area contributed by atoms with Gasteiger partial charge in [0.1, 0.15) is 6.61 Å². The predicted octanol–water partition coefficient (Wildman–Crippen LogP) is 4.52. The minimum atomic E-state index is -0.213. The number of aromatic nitrogens is 2. The predicted molar refractivity (Wildman–Crippen MR) is 122 cm³/mol. The van der Waals surface area contributed by atoms with Gasteiger partial charge in [-0.15, -0.1) is 0 Å². The number of nitrogens with zero attached hydrogens (tertiary/aromatic N) is 2. The molecule has 0 radical (unpaired) electrons. The molecule has 0 spiro atoms. The van der Waals surface area contributed by atoms with E-state index in [-0.39, 0.29) is 5.56 Å². The molecule has 0 unspecified atom stereocenters. The van der Waals surface area contributed by atoms with Crippen LogP contribution in [-0.4, -0.2) is 23.3 Å². The third-order valence-corrected chi connectivity index (χ3v) is 4.75. The summed E-state index contributed by atoms with van der Waals surface area (Å²) in [5.74, 6) is 1.50. The number of hydrogen-bond acceptors (Lipinski definition) is 6. The SMILES string of the molecule is CCCc1cc(=O)[nH]c(N/N=C\c2cc(Br)c(OCc3ccccc3)c(OC)c2)n1. The number of nitrogens with one attached hydrogen (secondary N) is 2. The summed E-state index contributed by atoms with van der Waals surface area (Å²) in [6.45, 7) is 2.46. The number of aromatic amines is 1. The standard InChI is InChI=1S/C22H23BrN4O3/c1-3-7-17-12-20(28)26-22(25-17)27-24-13-16-10-18(23)21(19(11-16)29-2)30-14-15-8-5-4-6-9-15/h4-6,8-13H,3,7,14H2,1-2H3,(H2,25,26,27,28)/b24-13-. The molecule has 0 bridgehead atoms. The Kier molecular flexibility index (Phi) is 7.62. The van der Waals surface area contributed by atoms with E-state index in [1.165, 1.54) is 6.07 Å². The minimum absolute atomic E-state index is 0.213. The van der Waals surface area contributed by atoms with Gasteiger partial charge in [-0.3, -0.25) is 9.78 Å². The maximum absolute atomic E-state index is 11.7. The zero-order chi connectivity index (χ0) is 21.3. The van der Waals surface area contributed by atoms with E-state index in [4.69, 9.17) is 9.47 Å². The number of aryl methyl sites for hydroxylation is 1. The first-order valence-electron chi connectivity index (χ1n) is 9.52. The van der Waals surface area contributed by atoms with Crippen molar-refractivity contribution in [1.29, 1.82) is 0 Å². The van der Waals surface area contributed by atoms with E-state index < -0.39 is 0 Å². The minimum Gasteiger partial charge on any atom is -0.493 e. The van der Waals surface area contributed by atoms with Crippen molar-refractivity contribution in [2.24, 2.45) is 5.10 Å². The van der Waals surface area contributed by atoms with Gasteiger partial charge in [0.25, 0.3) is 5.56 Å². The van der Waals surface area contributed by atoms with Gasteiger partial charge in [-0.2, -0.15) is 5.10 Å². The molecule has 0 saturated heterocycles. The summed E-state index contributed by atoms with van der Waals surface area (Å²) >= 11 is 3.54. The fourth-order valence-corrected chi connectivity index (χ4v) is 3.37. The van der Waals surface area contributed by atoms with Crippen LogP contribution in [-0.2, 0) is 13.0 Å². The molecule has 1 aromatic heterocycles. The number of anilines is 1. The Labute approximate surface area is 183 Å². The number of ether oxygens (including phenoxy) is 2. The van der Waals surface area contributed by atoms with Gasteiger partial charge in [0.2, 0.25) is 5.95 Å². The average molecular weight is 471 g/mol. The number of benzene rings is 2. The van der Waals surface area contributed by atoms with Crippen LogP contribution in [0.2, 0.25) is 0 Å². The van der Waals surface area contributed by atoms with E-state index in [2.05, 4.69) is 36.4 Å². The number of hydrazone groups is 1. The monoisotopic (exact) mass is 470 g/mol. The Morgan fingerprint density at radius 1 is 1.23 bits per heavy atom. The van der Waals surface area contributed by atoms with Crippen LogP contribution in [0.5, 0.6) is 11.5 Å². The van der Waals surface area contributed by atoms with E-state index in [0.717, 1.165) is 34.1 Å². The van der Waals surface area contributed by atoms with Crippen molar-refractivity contribution >= 4 is 28.1 Å². The zero-order valence-corrected chi connectivity index (χ0v) is 18.4. The van der Waals surface area contributed by atoms with Crippen molar-refractivity contribution in [3.05, 3.63) is 80.2 Å². The number of methoxy groups -OCH3 is 1. The fourth-order valence-electron chi connectivity index (χ4n) is 2.80. The maximum Gasteiger partial charge on any atom is 0.252 e. The lowest BCUT2D eigenvalue weighted by atomic mass is 10.2. The van der Waals surface area contributed by atoms with Crippen molar-refractivity contribution in [3.8, 4) is 11.5 Å². The molecule has 0 saturated carbocycles. The Bertz CT molecular complexity index is 1070. The molecule has 7 nitrogen and oxygen atoms in total. The van der Waals surface area contributed by atoms with E-state index in [9.17, 15) is 4.79 Å². The third kappa shape index (κ3) is 5.93. The van der Waals surface area contributed by atoms with Crippen LogP contribution < -0.4 is 20.5 Å². The van der Waals surface area contributed by atoms with Crippen molar-refractivity contribution in [2.75, 3.05) is 12.5 Å². The van der Waals surface area contributed by atoms with E-state index >= 15 is 0 Å². The van der Waals surface area contributed by atoms with Crippen molar-refractivity contribution in [3.63, 3.8) is 0 Å². The van der Waals surface area contributed by atoms with Crippen LogP contribution in [0, 0.1) is 0 Å². The Hall–Kier alpha value is -3.13. The van der Waals surface area contributed by atoms with E-state index in [1.807, 2.05) is 49.4 Å². The molecule has 30 heavy (non-hydrogen) atoms. The molecule has 0 aliphatic rings. The number of rotatable bonds is 9. The highest BCUT2D eigenvalue weighted by Crippen LogP contribution is 2.36. The summed E-state index contributed by atoms with van der Waals surface area (Å²) < 4.78 is 12.2. The first kappa shape index (κ1) is 21.6. The van der Waals surface area contributed by atoms with Crippen LogP contribution in [0.1, 0.15) is 30.2 Å². The van der Waals surface area contributed by atoms with Gasteiger partial charge < -0.3 is 9.47 Å². The topological polar surface area (TPSA) is 88.6 Å². The molecule has 0 fully saturated rings. The molecular weight excluding hydrogens is 448 g/mol. The zero-order valence-electron chi connectivity index (χ0n) is 16.8. The van der Waals surface area contributed by atoms with Crippen LogP contribution in [0.4, 0.5) is 5.95 Å². The van der Waals surface area contributed by atoms with Gasteiger partial charge in [-0.05, 0) is 45.6 Å². The second-order valence-corrected chi connectivity index (χ2v) is 7.37. The summed E-state index contributed by atoms with van der Waals surface area (Å²) in [6, 6.07) is 15.1. The van der Waals surface area contributed by atoms with Crippen LogP contribution >= 0.6 is 15.9 Å². The lowest BCUT2D eigenvalue weighted by Crippen LogP contribution is -2.12. The van der Waals surface area contributed by atoms with Crippen LogP contribution in [0.3, 0.4) is 0 Å². The molecule has 3 rings (SSSR count). The smallest absolute Gasteiger partial charge is 0.252 e. The molecule has 0 amide bonds. The molecule has 3 aromatic rings. The molecule has 2 N–H and O–H groups in total. The molecule has 156 valence electrons. The van der Waals surface area contributed by atoms with Crippen LogP contribution in [0.25, 0.3) is 0 Å². The summed E-state index contributed by atoms with van der Waals surface area (Å²) in [5, 5.41) is 4.17. The molecule has 0 aliphatic carbocycles. The lowest BCUT2D eigenvalue weighted by molar-refractivity contribution is 0.282. The average Bonchev–Trinajstić information content (AvgIpc) is 2.73. The Morgan fingerprint density at radius 3 is 2.77 bits per heavy atom. The summed E-state index contributed by atoms with van der Waals surface area (Å²) in [4.78, 5) is 18.7. The van der Waals surface area contributed by atoms with Crippen molar-refractivity contribution in [1.82, 2.24) is 9.97 Å². The molecule has 0 aliphatic heterocycles. The first-order chi connectivity index (χ1) is 14.6. The summed E-state index contributed by atoms with van der Waals surface area (Å²) in [5.41, 5.74) is 5.12. The van der Waals surface area contributed by atoms with Gasteiger partial charge in [0, 0.05) is 11.8 Å². The van der Waals surface area contributed by atoms with Gasteiger partial charge in [0.15, 0.2) is 11.5 Å². The lowest BCUT2D eigenvalue weighted by Gasteiger charge is -2.13. The molecule has 8 heteroatoms. The quantitative estimate of drug-likeness (QED) is 0.354. The maximum atomic E-state index is 11.7. The molecule has 2 aromatic carbocycles. The van der Waals surface area contributed by atoms with Crippen LogP contribution in [0.15, 0.2) is 62.9 Å². The molecule has 0 atom stereocenters. The van der Waals surface area contributed by atoms with Crippen molar-refractivity contribution in [2.45, 2.75) is 26.4 Å². The second-order valence-electron chi connectivity index (χ2n) is 6.51. The summed E-state index contributed by atoms with van der Waals surface area (Å²) in [7, 11) is 1.59.